The van der Waals surface area contributed by atoms with Crippen molar-refractivity contribution in [3.8, 4) is 0 Å². The third kappa shape index (κ3) is 2.00. The molecular formula is C21H30O2. The van der Waals surface area contributed by atoms with Crippen LogP contribution in [0.1, 0.15) is 65.7 Å². The summed E-state index contributed by atoms with van der Waals surface area (Å²) in [5, 5.41) is 10.1. The van der Waals surface area contributed by atoms with Gasteiger partial charge in [-0.05, 0) is 79.6 Å². The number of rotatable bonds is 0. The van der Waals surface area contributed by atoms with E-state index in [2.05, 4.69) is 26.0 Å². The molecule has 0 radical (unpaired) electrons. The first-order valence-electron chi connectivity index (χ1n) is 9.47. The molecule has 2 heteroatoms. The summed E-state index contributed by atoms with van der Waals surface area (Å²) in [6.07, 6.45) is 11.6. The van der Waals surface area contributed by atoms with E-state index in [4.69, 9.17) is 0 Å². The molecule has 0 aromatic carbocycles. The first kappa shape index (κ1) is 15.6. The SMILES string of the molecule is C/C=C1\C(=O)C[C@H]2C3CC=C4C[C@@H](O)CCC4(C)[C@H]3CCC12C. The number of carbonyl (C=O) groups is 1. The maximum atomic E-state index is 12.5. The smallest absolute Gasteiger partial charge is 0.159 e. The molecule has 0 spiro atoms. The van der Waals surface area contributed by atoms with Gasteiger partial charge in [-0.3, -0.25) is 4.79 Å². The van der Waals surface area contributed by atoms with Crippen molar-refractivity contribution in [2.24, 2.45) is 28.6 Å². The molecule has 4 aliphatic carbocycles. The Hall–Kier alpha value is -0.890. The summed E-state index contributed by atoms with van der Waals surface area (Å²) in [5.41, 5.74) is 3.00. The average Bonchev–Trinajstić information content (AvgIpc) is 2.77. The largest absolute Gasteiger partial charge is 0.393 e. The molecule has 3 saturated carbocycles. The normalized spacial score (nSPS) is 51.0. The van der Waals surface area contributed by atoms with Gasteiger partial charge in [0.15, 0.2) is 5.78 Å². The maximum absolute atomic E-state index is 12.5. The zero-order valence-electron chi connectivity index (χ0n) is 14.8. The molecule has 0 aliphatic heterocycles. The highest BCUT2D eigenvalue weighted by Crippen LogP contribution is 2.65. The predicted octanol–water partition coefficient (Wildman–Crippen LogP) is 4.44. The van der Waals surface area contributed by atoms with Gasteiger partial charge in [0.05, 0.1) is 6.10 Å². The van der Waals surface area contributed by atoms with Crippen LogP contribution in [0.4, 0.5) is 0 Å². The molecule has 0 heterocycles. The van der Waals surface area contributed by atoms with Gasteiger partial charge in [-0.15, -0.1) is 0 Å². The molecular weight excluding hydrogens is 284 g/mol. The van der Waals surface area contributed by atoms with E-state index >= 15 is 0 Å². The summed E-state index contributed by atoms with van der Waals surface area (Å²) in [7, 11) is 0. The van der Waals surface area contributed by atoms with Crippen LogP contribution in [-0.4, -0.2) is 17.0 Å². The van der Waals surface area contributed by atoms with Crippen LogP contribution in [-0.2, 0) is 4.79 Å². The molecule has 3 fully saturated rings. The second-order valence-corrected chi connectivity index (χ2v) is 8.94. The van der Waals surface area contributed by atoms with Gasteiger partial charge in [-0.2, -0.15) is 0 Å². The molecule has 1 N–H and O–H groups in total. The van der Waals surface area contributed by atoms with Crippen molar-refractivity contribution in [2.75, 3.05) is 0 Å². The fourth-order valence-electron chi connectivity index (χ4n) is 6.79. The Kier molecular flexibility index (Phi) is 3.43. The van der Waals surface area contributed by atoms with E-state index in [0.717, 1.165) is 44.1 Å². The molecule has 6 atom stereocenters. The summed E-state index contributed by atoms with van der Waals surface area (Å²) in [6.45, 7) is 6.83. The first-order chi connectivity index (χ1) is 10.9. The third-order valence-corrected chi connectivity index (χ3v) is 8.08. The standard InChI is InChI=1S/C21H30O2/c1-4-16-19(23)12-18-15-6-5-13-11-14(22)7-9-20(13,2)17(15)8-10-21(16,18)3/h4-5,14-15,17-18,22H,6-12H2,1-3H3/b16-4+/t14-,15?,17-,18-,20?,21?/m0/s1. The molecule has 4 aliphatic rings. The van der Waals surface area contributed by atoms with E-state index < -0.39 is 0 Å². The number of hydrogen-bond donors (Lipinski definition) is 1. The zero-order chi connectivity index (χ0) is 16.4. The summed E-state index contributed by atoms with van der Waals surface area (Å²) >= 11 is 0. The lowest BCUT2D eigenvalue weighted by atomic mass is 9.48. The van der Waals surface area contributed by atoms with E-state index in [1.807, 2.05) is 6.92 Å². The molecule has 3 unspecified atom stereocenters. The maximum Gasteiger partial charge on any atom is 0.159 e. The number of allylic oxidation sites excluding steroid dienone is 3. The predicted molar refractivity (Wildman–Crippen MR) is 91.9 cm³/mol. The highest BCUT2D eigenvalue weighted by atomic mass is 16.3. The number of hydrogen-bond acceptors (Lipinski definition) is 2. The Morgan fingerprint density at radius 2 is 1.87 bits per heavy atom. The summed E-state index contributed by atoms with van der Waals surface area (Å²) in [6, 6.07) is 0. The minimum atomic E-state index is -0.137. The van der Waals surface area contributed by atoms with Gasteiger partial charge in [0, 0.05) is 6.42 Å². The van der Waals surface area contributed by atoms with Gasteiger partial charge in [-0.25, -0.2) is 0 Å². The number of ketones is 1. The van der Waals surface area contributed by atoms with Gasteiger partial charge >= 0.3 is 0 Å². The Bertz CT molecular complexity index is 601. The van der Waals surface area contributed by atoms with Crippen molar-refractivity contribution in [2.45, 2.75) is 71.8 Å². The van der Waals surface area contributed by atoms with Crippen molar-refractivity contribution in [3.63, 3.8) is 0 Å². The molecule has 4 rings (SSSR count). The lowest BCUT2D eigenvalue weighted by Gasteiger charge is -2.57. The van der Waals surface area contributed by atoms with Crippen molar-refractivity contribution < 1.29 is 9.90 Å². The van der Waals surface area contributed by atoms with Crippen LogP contribution in [0.2, 0.25) is 0 Å². The molecule has 0 bridgehead atoms. The number of fused-ring (bicyclic) bond motifs is 5. The molecule has 0 amide bonds. The number of aliphatic hydroxyl groups excluding tert-OH is 1. The Morgan fingerprint density at radius 1 is 1.13 bits per heavy atom. The van der Waals surface area contributed by atoms with Crippen molar-refractivity contribution >= 4 is 5.78 Å². The average molecular weight is 314 g/mol. The lowest BCUT2D eigenvalue weighted by Crippen LogP contribution is -2.49. The lowest BCUT2D eigenvalue weighted by molar-refractivity contribution is -0.115. The van der Waals surface area contributed by atoms with Gasteiger partial charge in [0.1, 0.15) is 0 Å². The zero-order valence-corrected chi connectivity index (χ0v) is 14.8. The minimum absolute atomic E-state index is 0.114. The fraction of sp³-hybridized carbons (Fsp3) is 0.762. The van der Waals surface area contributed by atoms with Gasteiger partial charge in [0.2, 0.25) is 0 Å². The Labute approximate surface area is 140 Å². The highest BCUT2D eigenvalue weighted by Gasteiger charge is 2.59. The van der Waals surface area contributed by atoms with Crippen LogP contribution < -0.4 is 0 Å². The highest BCUT2D eigenvalue weighted by molar-refractivity contribution is 5.99. The van der Waals surface area contributed by atoms with Crippen LogP contribution in [0, 0.1) is 28.6 Å². The summed E-state index contributed by atoms with van der Waals surface area (Å²) in [4.78, 5) is 12.5. The molecule has 23 heavy (non-hydrogen) atoms. The third-order valence-electron chi connectivity index (χ3n) is 8.08. The van der Waals surface area contributed by atoms with E-state index in [9.17, 15) is 9.90 Å². The number of aliphatic hydroxyl groups is 1. The van der Waals surface area contributed by atoms with E-state index in [1.165, 1.54) is 12.0 Å². The van der Waals surface area contributed by atoms with Crippen LogP contribution in [0.15, 0.2) is 23.3 Å². The molecule has 0 saturated heterocycles. The van der Waals surface area contributed by atoms with E-state index in [-0.39, 0.29) is 16.9 Å². The van der Waals surface area contributed by atoms with E-state index in [0.29, 0.717) is 23.5 Å². The van der Waals surface area contributed by atoms with Crippen molar-refractivity contribution in [3.05, 3.63) is 23.3 Å². The number of carbonyl (C=O) groups excluding carboxylic acids is 1. The Balaban J connectivity index is 1.71. The minimum Gasteiger partial charge on any atom is -0.393 e. The molecule has 0 aromatic rings. The summed E-state index contributed by atoms with van der Waals surface area (Å²) in [5.74, 6) is 2.29. The van der Waals surface area contributed by atoms with Crippen molar-refractivity contribution in [1.29, 1.82) is 0 Å². The van der Waals surface area contributed by atoms with Crippen LogP contribution in [0.25, 0.3) is 0 Å². The number of Topliss-reactive ketones (excluding diaryl/α,β-unsaturated/α-hetero) is 1. The van der Waals surface area contributed by atoms with Crippen LogP contribution in [0.5, 0.6) is 0 Å². The molecule has 2 nitrogen and oxygen atoms in total. The summed E-state index contributed by atoms with van der Waals surface area (Å²) < 4.78 is 0. The molecule has 0 aromatic heterocycles. The van der Waals surface area contributed by atoms with Crippen molar-refractivity contribution in [1.82, 2.24) is 0 Å². The second-order valence-electron chi connectivity index (χ2n) is 8.94. The monoisotopic (exact) mass is 314 g/mol. The first-order valence-corrected chi connectivity index (χ1v) is 9.47. The van der Waals surface area contributed by atoms with Gasteiger partial charge in [-0.1, -0.05) is 31.6 Å². The van der Waals surface area contributed by atoms with Gasteiger partial charge < -0.3 is 5.11 Å². The van der Waals surface area contributed by atoms with Crippen LogP contribution >= 0.6 is 0 Å². The topological polar surface area (TPSA) is 37.3 Å². The quantitative estimate of drug-likeness (QED) is 0.530. The molecule has 126 valence electrons. The fourth-order valence-corrected chi connectivity index (χ4v) is 6.79. The van der Waals surface area contributed by atoms with Crippen LogP contribution in [0.3, 0.4) is 0 Å². The second kappa shape index (κ2) is 5.05. The Morgan fingerprint density at radius 3 is 2.61 bits per heavy atom. The van der Waals surface area contributed by atoms with Gasteiger partial charge in [0.25, 0.3) is 0 Å². The van der Waals surface area contributed by atoms with E-state index in [1.54, 1.807) is 0 Å².